The lowest BCUT2D eigenvalue weighted by Gasteiger charge is -2.37. The SMILES string of the molecule is CC.CC(C)(C)OC(=O)N1CCN(C2=Nc3ccccc3Sc3ccccc32)CC1. The fraction of sp³-hybridized carbons (Fsp3) is 0.417. The fourth-order valence-electron chi connectivity index (χ4n) is 3.34. The lowest BCUT2D eigenvalue weighted by Crippen LogP contribution is -2.51. The van der Waals surface area contributed by atoms with E-state index in [2.05, 4.69) is 47.4 Å². The maximum Gasteiger partial charge on any atom is 0.410 e. The number of rotatable bonds is 0. The van der Waals surface area contributed by atoms with E-state index in [0.717, 1.165) is 35.1 Å². The highest BCUT2D eigenvalue weighted by Gasteiger charge is 2.29. The highest BCUT2D eigenvalue weighted by Crippen LogP contribution is 2.40. The van der Waals surface area contributed by atoms with Crippen LogP contribution in [0.5, 0.6) is 0 Å². The highest BCUT2D eigenvalue weighted by atomic mass is 32.2. The first-order valence-corrected chi connectivity index (χ1v) is 11.4. The molecule has 0 bridgehead atoms. The van der Waals surface area contributed by atoms with Crippen LogP contribution in [0.15, 0.2) is 63.3 Å². The number of amides is 1. The first-order chi connectivity index (χ1) is 14.4. The van der Waals surface area contributed by atoms with Gasteiger partial charge in [0.15, 0.2) is 0 Å². The minimum absolute atomic E-state index is 0.240. The van der Waals surface area contributed by atoms with Gasteiger partial charge in [0.25, 0.3) is 0 Å². The maximum atomic E-state index is 12.4. The third kappa shape index (κ3) is 5.17. The molecule has 0 atom stereocenters. The molecule has 1 amide bonds. The third-order valence-electron chi connectivity index (χ3n) is 4.67. The molecule has 30 heavy (non-hydrogen) atoms. The Morgan fingerprint density at radius 3 is 2.20 bits per heavy atom. The van der Waals surface area contributed by atoms with Crippen molar-refractivity contribution in [2.45, 2.75) is 50.0 Å². The minimum Gasteiger partial charge on any atom is -0.444 e. The molecule has 0 aliphatic carbocycles. The van der Waals surface area contributed by atoms with Crippen LogP contribution < -0.4 is 0 Å². The van der Waals surface area contributed by atoms with Crippen LogP contribution in [0, 0.1) is 0 Å². The summed E-state index contributed by atoms with van der Waals surface area (Å²) >= 11 is 1.76. The first kappa shape index (κ1) is 22.2. The second-order valence-electron chi connectivity index (χ2n) is 7.96. The van der Waals surface area contributed by atoms with Crippen LogP contribution in [0.2, 0.25) is 0 Å². The van der Waals surface area contributed by atoms with E-state index in [9.17, 15) is 4.79 Å². The van der Waals surface area contributed by atoms with Gasteiger partial charge in [-0.3, -0.25) is 0 Å². The van der Waals surface area contributed by atoms with Crippen molar-refractivity contribution in [3.05, 3.63) is 54.1 Å². The largest absolute Gasteiger partial charge is 0.444 e. The molecule has 0 saturated carbocycles. The van der Waals surface area contributed by atoms with E-state index >= 15 is 0 Å². The van der Waals surface area contributed by atoms with Gasteiger partial charge in [0.2, 0.25) is 0 Å². The third-order valence-corrected chi connectivity index (χ3v) is 5.81. The smallest absolute Gasteiger partial charge is 0.410 e. The summed E-state index contributed by atoms with van der Waals surface area (Å²) in [6.07, 6.45) is -0.240. The van der Waals surface area contributed by atoms with E-state index in [1.807, 2.05) is 40.7 Å². The predicted octanol–water partition coefficient (Wildman–Crippen LogP) is 5.81. The summed E-state index contributed by atoms with van der Waals surface area (Å²) in [5.41, 5.74) is 1.67. The van der Waals surface area contributed by atoms with Crippen molar-refractivity contribution in [3.8, 4) is 0 Å². The van der Waals surface area contributed by atoms with Crippen LogP contribution >= 0.6 is 11.8 Å². The molecule has 0 radical (unpaired) electrons. The summed E-state index contributed by atoms with van der Waals surface area (Å²) in [5, 5.41) is 0. The molecule has 0 unspecified atom stereocenters. The monoisotopic (exact) mass is 425 g/mol. The molecule has 2 heterocycles. The Hall–Kier alpha value is -2.47. The number of hydrogen-bond donors (Lipinski definition) is 0. The Kier molecular flexibility index (Phi) is 7.08. The summed E-state index contributed by atoms with van der Waals surface area (Å²) in [6, 6.07) is 16.7. The summed E-state index contributed by atoms with van der Waals surface area (Å²) in [5.74, 6) is 0.983. The van der Waals surface area contributed by atoms with Crippen LogP contribution in [0.1, 0.15) is 40.2 Å². The zero-order valence-electron chi connectivity index (χ0n) is 18.5. The molecule has 2 aromatic rings. The number of nitrogens with zero attached hydrogens (tertiary/aromatic N) is 3. The van der Waals surface area contributed by atoms with E-state index in [1.54, 1.807) is 16.7 Å². The standard InChI is InChI=1S/C22H25N3O2S.C2H6/c1-22(2,3)27-21(26)25-14-12-24(13-15-25)20-16-8-4-6-10-18(16)28-19-11-7-5-9-17(19)23-20;1-2/h4-11H,12-15H2,1-3H3;1-2H3. The Labute approximate surface area is 184 Å². The Balaban J connectivity index is 0.00000124. The summed E-state index contributed by atoms with van der Waals surface area (Å²) in [4.78, 5) is 23.8. The summed E-state index contributed by atoms with van der Waals surface area (Å²) in [7, 11) is 0. The average molecular weight is 426 g/mol. The van der Waals surface area contributed by atoms with Gasteiger partial charge in [0.05, 0.1) is 5.69 Å². The highest BCUT2D eigenvalue weighted by molar-refractivity contribution is 7.99. The number of hydrogen-bond acceptors (Lipinski definition) is 5. The molecule has 0 aromatic heterocycles. The van der Waals surface area contributed by atoms with Gasteiger partial charge in [-0.15, -0.1) is 0 Å². The van der Waals surface area contributed by atoms with Crippen molar-refractivity contribution in [1.82, 2.24) is 9.80 Å². The van der Waals surface area contributed by atoms with Crippen LogP contribution in [-0.4, -0.2) is 53.5 Å². The number of amidine groups is 1. The van der Waals surface area contributed by atoms with Gasteiger partial charge in [-0.1, -0.05) is 55.9 Å². The number of ether oxygens (including phenoxy) is 1. The second kappa shape index (κ2) is 9.56. The molecular formula is C24H31N3O2S. The van der Waals surface area contributed by atoms with Gasteiger partial charge in [-0.05, 0) is 39.0 Å². The Morgan fingerprint density at radius 1 is 0.933 bits per heavy atom. The molecule has 2 aromatic carbocycles. The topological polar surface area (TPSA) is 45.1 Å². The van der Waals surface area contributed by atoms with Crippen LogP contribution in [0.25, 0.3) is 0 Å². The quantitative estimate of drug-likeness (QED) is 0.534. The molecular weight excluding hydrogens is 394 g/mol. The van der Waals surface area contributed by atoms with Crippen molar-refractivity contribution in [2.24, 2.45) is 4.99 Å². The normalized spacial score (nSPS) is 15.7. The van der Waals surface area contributed by atoms with Gasteiger partial charge in [0.1, 0.15) is 11.4 Å². The van der Waals surface area contributed by atoms with Crippen molar-refractivity contribution in [1.29, 1.82) is 0 Å². The number of piperazine rings is 1. The van der Waals surface area contributed by atoms with Crippen LogP contribution in [-0.2, 0) is 4.74 Å². The van der Waals surface area contributed by atoms with Gasteiger partial charge in [-0.2, -0.15) is 0 Å². The Morgan fingerprint density at radius 2 is 1.53 bits per heavy atom. The van der Waals surface area contributed by atoms with Gasteiger partial charge in [-0.25, -0.2) is 9.79 Å². The number of carbonyl (C=O) groups excluding carboxylic acids is 1. The zero-order chi connectivity index (χ0) is 21.7. The van der Waals surface area contributed by atoms with E-state index in [1.165, 1.54) is 4.90 Å². The molecule has 5 nitrogen and oxygen atoms in total. The predicted molar refractivity (Wildman–Crippen MR) is 124 cm³/mol. The molecule has 2 aliphatic rings. The molecule has 6 heteroatoms. The first-order valence-electron chi connectivity index (χ1n) is 10.6. The molecule has 4 rings (SSSR count). The zero-order valence-corrected chi connectivity index (χ0v) is 19.3. The molecule has 2 aliphatic heterocycles. The average Bonchev–Trinajstić information content (AvgIpc) is 2.91. The van der Waals surface area contributed by atoms with E-state index < -0.39 is 5.60 Å². The van der Waals surface area contributed by atoms with E-state index in [-0.39, 0.29) is 6.09 Å². The number of para-hydroxylation sites is 1. The van der Waals surface area contributed by atoms with E-state index in [4.69, 9.17) is 9.73 Å². The number of benzene rings is 2. The molecule has 1 saturated heterocycles. The molecule has 0 N–H and O–H groups in total. The van der Waals surface area contributed by atoms with Crippen molar-refractivity contribution in [2.75, 3.05) is 26.2 Å². The second-order valence-corrected chi connectivity index (χ2v) is 9.04. The lowest BCUT2D eigenvalue weighted by atomic mass is 10.1. The van der Waals surface area contributed by atoms with Gasteiger partial charge in [0, 0.05) is 41.5 Å². The van der Waals surface area contributed by atoms with Gasteiger partial charge >= 0.3 is 6.09 Å². The summed E-state index contributed by atoms with van der Waals surface area (Å²) < 4.78 is 5.52. The number of aliphatic imine (C=N–C) groups is 1. The summed E-state index contributed by atoms with van der Waals surface area (Å²) in [6.45, 7) is 12.4. The Bertz CT molecular complexity index is 913. The van der Waals surface area contributed by atoms with Gasteiger partial charge < -0.3 is 14.5 Å². The molecule has 0 spiro atoms. The number of fused-ring (bicyclic) bond motifs is 2. The minimum atomic E-state index is -0.473. The van der Waals surface area contributed by atoms with E-state index in [0.29, 0.717) is 13.1 Å². The molecule has 160 valence electrons. The molecule has 1 fully saturated rings. The van der Waals surface area contributed by atoms with Crippen molar-refractivity contribution < 1.29 is 9.53 Å². The van der Waals surface area contributed by atoms with Crippen molar-refractivity contribution >= 4 is 29.4 Å². The van der Waals surface area contributed by atoms with Crippen LogP contribution in [0.3, 0.4) is 0 Å². The van der Waals surface area contributed by atoms with Crippen LogP contribution in [0.4, 0.5) is 10.5 Å². The fourth-order valence-corrected chi connectivity index (χ4v) is 4.36. The lowest BCUT2D eigenvalue weighted by molar-refractivity contribution is 0.0187. The maximum absolute atomic E-state index is 12.4. The van der Waals surface area contributed by atoms with Crippen molar-refractivity contribution in [3.63, 3.8) is 0 Å². The number of carbonyl (C=O) groups is 1.